The van der Waals surface area contributed by atoms with Crippen LogP contribution in [0.25, 0.3) is 10.7 Å². The monoisotopic (exact) mass is 236 g/mol. The Morgan fingerprint density at radius 1 is 1.56 bits per heavy atom. The van der Waals surface area contributed by atoms with Crippen LogP contribution in [0.4, 0.5) is 0 Å². The summed E-state index contributed by atoms with van der Waals surface area (Å²) in [5.74, 6) is 1.37. The van der Waals surface area contributed by atoms with E-state index in [-0.39, 0.29) is 5.41 Å². The third kappa shape index (κ3) is 1.54. The first-order valence-corrected chi connectivity index (χ1v) is 6.10. The minimum Gasteiger partial charge on any atom is -0.338 e. The van der Waals surface area contributed by atoms with Gasteiger partial charge in [-0.25, -0.2) is 0 Å². The lowest BCUT2D eigenvalue weighted by molar-refractivity contribution is 0.306. The minimum absolute atomic E-state index is 0.0179. The zero-order valence-corrected chi connectivity index (χ0v) is 9.75. The van der Waals surface area contributed by atoms with E-state index in [0.717, 1.165) is 30.3 Å². The van der Waals surface area contributed by atoms with E-state index >= 15 is 0 Å². The molecule has 1 unspecified atom stereocenters. The second-order valence-electron chi connectivity index (χ2n) is 4.28. The molecule has 84 valence electrons. The van der Waals surface area contributed by atoms with E-state index in [1.807, 2.05) is 0 Å². The summed E-state index contributed by atoms with van der Waals surface area (Å²) in [5, 5.41) is 7.32. The maximum atomic E-state index is 5.35. The third-order valence-electron chi connectivity index (χ3n) is 2.96. The van der Waals surface area contributed by atoms with Gasteiger partial charge in [0.25, 0.3) is 0 Å². The number of hydrogen-bond donors (Lipinski definition) is 1. The molecule has 6 heteroatoms. The average Bonchev–Trinajstić information content (AvgIpc) is 2.98. The summed E-state index contributed by atoms with van der Waals surface area (Å²) in [5.41, 5.74) is 1.75. The number of rotatable bonds is 2. The van der Waals surface area contributed by atoms with Gasteiger partial charge in [0.2, 0.25) is 11.7 Å². The smallest absolute Gasteiger partial charge is 0.234 e. The molecule has 2 aromatic rings. The van der Waals surface area contributed by atoms with E-state index in [1.54, 1.807) is 11.7 Å². The maximum absolute atomic E-state index is 5.35. The molecule has 1 atom stereocenters. The molecule has 2 aromatic heterocycles. The number of hydrogen-bond acceptors (Lipinski definition) is 6. The summed E-state index contributed by atoms with van der Waals surface area (Å²) >= 11 is 1.52. The molecule has 0 aromatic carbocycles. The van der Waals surface area contributed by atoms with Crippen molar-refractivity contribution in [3.8, 4) is 10.7 Å². The van der Waals surface area contributed by atoms with E-state index in [9.17, 15) is 0 Å². The van der Waals surface area contributed by atoms with Crippen molar-refractivity contribution < 1.29 is 4.52 Å². The molecule has 0 spiro atoms. The Labute approximate surface area is 96.9 Å². The van der Waals surface area contributed by atoms with Gasteiger partial charge in [-0.1, -0.05) is 5.16 Å². The zero-order chi connectivity index (χ0) is 11.0. The summed E-state index contributed by atoms with van der Waals surface area (Å²) in [7, 11) is 0. The highest BCUT2D eigenvalue weighted by molar-refractivity contribution is 7.13. The van der Waals surface area contributed by atoms with Crippen LogP contribution in [0.5, 0.6) is 0 Å². The van der Waals surface area contributed by atoms with Crippen LogP contribution in [0, 0.1) is 0 Å². The molecule has 0 aliphatic carbocycles. The van der Waals surface area contributed by atoms with E-state index in [4.69, 9.17) is 4.52 Å². The highest BCUT2D eigenvalue weighted by atomic mass is 32.1. The van der Waals surface area contributed by atoms with Crippen molar-refractivity contribution in [3.63, 3.8) is 0 Å². The van der Waals surface area contributed by atoms with Gasteiger partial charge in [0.05, 0.1) is 15.8 Å². The van der Waals surface area contributed by atoms with E-state index in [1.165, 1.54) is 11.3 Å². The largest absolute Gasteiger partial charge is 0.338 e. The van der Waals surface area contributed by atoms with Crippen LogP contribution in [-0.2, 0) is 5.41 Å². The molecule has 3 rings (SSSR count). The first kappa shape index (κ1) is 9.92. The molecule has 0 amide bonds. The Morgan fingerprint density at radius 3 is 3.19 bits per heavy atom. The van der Waals surface area contributed by atoms with Gasteiger partial charge in [0.15, 0.2) is 0 Å². The number of aromatic nitrogens is 3. The first-order chi connectivity index (χ1) is 7.78. The van der Waals surface area contributed by atoms with Crippen LogP contribution in [0.2, 0.25) is 0 Å². The average molecular weight is 236 g/mol. The second-order valence-corrected chi connectivity index (χ2v) is 5.16. The lowest BCUT2D eigenvalue weighted by atomic mass is 9.90. The minimum atomic E-state index is -0.0179. The Balaban J connectivity index is 1.93. The van der Waals surface area contributed by atoms with Gasteiger partial charge in [-0.15, -0.1) is 11.3 Å². The lowest BCUT2D eigenvalue weighted by Gasteiger charge is -2.15. The predicted octanol–water partition coefficient (Wildman–Crippen LogP) is 1.44. The Kier molecular flexibility index (Phi) is 2.26. The quantitative estimate of drug-likeness (QED) is 0.855. The van der Waals surface area contributed by atoms with Crippen molar-refractivity contribution in [1.82, 2.24) is 20.4 Å². The molecule has 0 bridgehead atoms. The van der Waals surface area contributed by atoms with Gasteiger partial charge in [0.1, 0.15) is 0 Å². The van der Waals surface area contributed by atoms with Crippen LogP contribution in [-0.4, -0.2) is 28.2 Å². The highest BCUT2D eigenvalue weighted by Gasteiger charge is 2.36. The Morgan fingerprint density at radius 2 is 2.50 bits per heavy atom. The number of thiazole rings is 1. The summed E-state index contributed by atoms with van der Waals surface area (Å²) in [6.07, 6.45) is 2.80. The van der Waals surface area contributed by atoms with Gasteiger partial charge < -0.3 is 9.84 Å². The molecule has 1 fully saturated rings. The van der Waals surface area contributed by atoms with Crippen molar-refractivity contribution in [2.24, 2.45) is 0 Å². The van der Waals surface area contributed by atoms with Gasteiger partial charge in [-0.05, 0) is 19.9 Å². The summed E-state index contributed by atoms with van der Waals surface area (Å²) in [4.78, 5) is 9.41. The highest BCUT2D eigenvalue weighted by Crippen LogP contribution is 2.30. The predicted molar refractivity (Wildman–Crippen MR) is 60.2 cm³/mol. The lowest BCUT2D eigenvalue weighted by Crippen LogP contribution is -2.25. The molecule has 5 nitrogen and oxygen atoms in total. The van der Waals surface area contributed by atoms with E-state index in [2.05, 4.69) is 27.4 Å². The fourth-order valence-corrected chi connectivity index (χ4v) is 2.44. The second kappa shape index (κ2) is 3.64. The van der Waals surface area contributed by atoms with Crippen LogP contribution in [0.1, 0.15) is 19.2 Å². The van der Waals surface area contributed by atoms with Crippen molar-refractivity contribution in [2.75, 3.05) is 13.1 Å². The SMILES string of the molecule is CC1(c2nc(-c3cncs3)no2)CCNC1. The van der Waals surface area contributed by atoms with E-state index in [0.29, 0.717) is 5.82 Å². The van der Waals surface area contributed by atoms with Crippen LogP contribution >= 0.6 is 11.3 Å². The van der Waals surface area contributed by atoms with Gasteiger partial charge in [-0.2, -0.15) is 4.98 Å². The Bertz CT molecular complexity index is 473. The molecule has 1 aliphatic rings. The number of nitrogens with one attached hydrogen (secondary N) is 1. The molecule has 3 heterocycles. The molecule has 1 N–H and O–H groups in total. The Hall–Kier alpha value is -1.27. The number of nitrogens with zero attached hydrogens (tertiary/aromatic N) is 3. The van der Waals surface area contributed by atoms with E-state index < -0.39 is 0 Å². The molecule has 0 saturated carbocycles. The van der Waals surface area contributed by atoms with Crippen LogP contribution in [0.3, 0.4) is 0 Å². The molecule has 0 radical (unpaired) electrons. The molecule has 1 aliphatic heterocycles. The molecule has 1 saturated heterocycles. The molecular formula is C10H12N4OS. The summed E-state index contributed by atoms with van der Waals surface area (Å²) < 4.78 is 5.35. The molecule has 16 heavy (non-hydrogen) atoms. The van der Waals surface area contributed by atoms with Crippen molar-refractivity contribution in [1.29, 1.82) is 0 Å². The third-order valence-corrected chi connectivity index (χ3v) is 3.73. The summed E-state index contributed by atoms with van der Waals surface area (Å²) in [6.45, 7) is 4.06. The fraction of sp³-hybridized carbons (Fsp3) is 0.500. The first-order valence-electron chi connectivity index (χ1n) is 5.22. The van der Waals surface area contributed by atoms with Crippen LogP contribution in [0.15, 0.2) is 16.2 Å². The normalized spacial score (nSPS) is 25.1. The zero-order valence-electron chi connectivity index (χ0n) is 8.93. The maximum Gasteiger partial charge on any atom is 0.234 e. The topological polar surface area (TPSA) is 63.8 Å². The van der Waals surface area contributed by atoms with Crippen molar-refractivity contribution >= 4 is 11.3 Å². The fourth-order valence-electron chi connectivity index (χ4n) is 1.89. The standard InChI is InChI=1S/C10H12N4OS/c1-10(2-3-11-5-10)9-13-8(14-15-9)7-4-12-6-16-7/h4,6,11H,2-3,5H2,1H3. The summed E-state index contributed by atoms with van der Waals surface area (Å²) in [6, 6.07) is 0. The van der Waals surface area contributed by atoms with Crippen LogP contribution < -0.4 is 5.32 Å². The van der Waals surface area contributed by atoms with Gasteiger partial charge >= 0.3 is 0 Å². The van der Waals surface area contributed by atoms with Gasteiger partial charge in [0, 0.05) is 12.7 Å². The molecular weight excluding hydrogens is 224 g/mol. The van der Waals surface area contributed by atoms with Crippen molar-refractivity contribution in [3.05, 3.63) is 17.6 Å². The van der Waals surface area contributed by atoms with Gasteiger partial charge in [-0.3, -0.25) is 4.98 Å². The van der Waals surface area contributed by atoms with Crippen molar-refractivity contribution in [2.45, 2.75) is 18.8 Å².